The second kappa shape index (κ2) is 5.86. The summed E-state index contributed by atoms with van der Waals surface area (Å²) in [5, 5.41) is 1.42. The summed E-state index contributed by atoms with van der Waals surface area (Å²) in [6.45, 7) is 2.16. The van der Waals surface area contributed by atoms with Crippen molar-refractivity contribution in [2.45, 2.75) is 23.6 Å². The highest BCUT2D eigenvalue weighted by molar-refractivity contribution is 7.89. The van der Waals surface area contributed by atoms with Crippen molar-refractivity contribution >= 4 is 32.4 Å². The summed E-state index contributed by atoms with van der Waals surface area (Å²) in [6, 6.07) is 6.84. The topological polar surface area (TPSA) is 59.1 Å². The van der Waals surface area contributed by atoms with Crippen molar-refractivity contribution in [1.82, 2.24) is 9.71 Å². The van der Waals surface area contributed by atoms with Crippen molar-refractivity contribution in [1.29, 1.82) is 0 Å². The normalized spacial score (nSPS) is 13.6. The van der Waals surface area contributed by atoms with Crippen molar-refractivity contribution < 1.29 is 8.42 Å². The third kappa shape index (κ3) is 3.43. The number of halogens is 1. The number of nitrogens with one attached hydrogen (secondary N) is 1. The maximum Gasteiger partial charge on any atom is 0.241 e. The van der Waals surface area contributed by atoms with E-state index in [9.17, 15) is 8.42 Å². The number of rotatable bonds is 5. The van der Waals surface area contributed by atoms with E-state index in [-0.39, 0.29) is 10.3 Å². The number of alkyl halides is 1. The Labute approximate surface area is 117 Å². The fraction of sp³-hybridized carbons (Fsp3) is 0.308. The summed E-state index contributed by atoms with van der Waals surface area (Å²) in [7, 11) is -3.52. The molecule has 1 atom stereocenters. The molecule has 102 valence electrons. The van der Waals surface area contributed by atoms with Gasteiger partial charge in [0, 0.05) is 35.1 Å². The van der Waals surface area contributed by atoms with E-state index in [2.05, 4.69) is 9.71 Å². The lowest BCUT2D eigenvalue weighted by atomic mass is 10.2. The van der Waals surface area contributed by atoms with Gasteiger partial charge in [-0.15, -0.1) is 11.6 Å². The Balaban J connectivity index is 2.33. The summed E-state index contributed by atoms with van der Waals surface area (Å²) < 4.78 is 27.1. The molecule has 0 saturated heterocycles. The molecule has 0 fully saturated rings. The van der Waals surface area contributed by atoms with Gasteiger partial charge in [-0.1, -0.05) is 12.1 Å². The average Bonchev–Trinajstić information content (AvgIpc) is 2.37. The van der Waals surface area contributed by atoms with Gasteiger partial charge in [0.05, 0.1) is 4.90 Å². The molecule has 19 heavy (non-hydrogen) atoms. The fourth-order valence-electron chi connectivity index (χ4n) is 1.80. The first-order valence-electron chi connectivity index (χ1n) is 5.97. The molecular weight excluding hydrogens is 284 g/mol. The Morgan fingerprint density at radius 3 is 2.89 bits per heavy atom. The van der Waals surface area contributed by atoms with Crippen molar-refractivity contribution in [3.05, 3.63) is 36.7 Å². The molecule has 0 amide bonds. The number of hydrogen-bond donors (Lipinski definition) is 1. The van der Waals surface area contributed by atoms with Gasteiger partial charge in [0.2, 0.25) is 10.0 Å². The van der Waals surface area contributed by atoms with Gasteiger partial charge in [-0.3, -0.25) is 4.98 Å². The lowest BCUT2D eigenvalue weighted by Gasteiger charge is -2.09. The summed E-state index contributed by atoms with van der Waals surface area (Å²) in [5.74, 6) is 0. The second-order valence-corrected chi connectivity index (χ2v) is 6.80. The summed E-state index contributed by atoms with van der Waals surface area (Å²) in [5.41, 5.74) is 0. The van der Waals surface area contributed by atoms with Gasteiger partial charge in [0.25, 0.3) is 0 Å². The molecule has 1 N–H and O–H groups in total. The number of nitrogens with zero attached hydrogens (tertiary/aromatic N) is 1. The Hall–Kier alpha value is -1.17. The molecule has 0 saturated carbocycles. The quantitative estimate of drug-likeness (QED) is 0.863. The minimum atomic E-state index is -3.52. The first kappa shape index (κ1) is 14.2. The predicted octanol–water partition coefficient (Wildman–Crippen LogP) is 2.53. The van der Waals surface area contributed by atoms with Crippen LogP contribution in [0.2, 0.25) is 0 Å². The zero-order chi connectivity index (χ0) is 13.9. The van der Waals surface area contributed by atoms with Crippen LogP contribution in [-0.4, -0.2) is 25.3 Å². The predicted molar refractivity (Wildman–Crippen MR) is 76.9 cm³/mol. The molecule has 0 aliphatic heterocycles. The molecule has 0 radical (unpaired) electrons. The number of fused-ring (bicyclic) bond motifs is 1. The number of benzene rings is 1. The van der Waals surface area contributed by atoms with Gasteiger partial charge in [0.15, 0.2) is 0 Å². The Morgan fingerprint density at radius 1 is 1.37 bits per heavy atom. The molecule has 0 aliphatic carbocycles. The van der Waals surface area contributed by atoms with E-state index in [1.54, 1.807) is 30.6 Å². The largest absolute Gasteiger partial charge is 0.264 e. The van der Waals surface area contributed by atoms with Crippen LogP contribution < -0.4 is 4.72 Å². The molecule has 4 nitrogen and oxygen atoms in total. The van der Waals surface area contributed by atoms with Crippen LogP contribution in [0.3, 0.4) is 0 Å². The van der Waals surface area contributed by atoms with E-state index >= 15 is 0 Å². The Bertz CT molecular complexity index is 666. The maximum absolute atomic E-state index is 12.3. The minimum Gasteiger partial charge on any atom is -0.264 e. The molecule has 0 aliphatic rings. The van der Waals surface area contributed by atoms with Crippen LogP contribution in [-0.2, 0) is 10.0 Å². The molecular formula is C13H15ClN2O2S. The number of aromatic nitrogens is 1. The van der Waals surface area contributed by atoms with Crippen LogP contribution in [0.5, 0.6) is 0 Å². The van der Waals surface area contributed by atoms with Crippen molar-refractivity contribution in [2.75, 3.05) is 6.54 Å². The first-order chi connectivity index (χ1) is 9.00. The molecule has 0 spiro atoms. The van der Waals surface area contributed by atoms with E-state index in [1.807, 2.05) is 13.0 Å². The van der Waals surface area contributed by atoms with Crippen LogP contribution in [0, 0.1) is 0 Å². The smallest absolute Gasteiger partial charge is 0.241 e. The molecule has 6 heteroatoms. The van der Waals surface area contributed by atoms with Crippen LogP contribution in [0.15, 0.2) is 41.6 Å². The minimum absolute atomic E-state index is 0.0561. The van der Waals surface area contributed by atoms with E-state index in [0.717, 1.165) is 5.39 Å². The summed E-state index contributed by atoms with van der Waals surface area (Å²) in [6.07, 6.45) is 3.82. The average molecular weight is 299 g/mol. The SMILES string of the molecule is CC(Cl)CCNS(=O)(=O)c1cccc2cnccc12. The van der Waals surface area contributed by atoms with E-state index in [0.29, 0.717) is 18.4 Å². The number of sulfonamides is 1. The van der Waals surface area contributed by atoms with Crippen LogP contribution in [0.4, 0.5) is 0 Å². The first-order valence-corrected chi connectivity index (χ1v) is 7.89. The standard InChI is InChI=1S/C13H15ClN2O2S/c1-10(14)5-8-16-19(17,18)13-4-2-3-11-9-15-7-6-12(11)13/h2-4,6-7,9-10,16H,5,8H2,1H3. The monoisotopic (exact) mass is 298 g/mol. The van der Waals surface area contributed by atoms with Gasteiger partial charge in [-0.05, 0) is 25.5 Å². The fourth-order valence-corrected chi connectivity index (χ4v) is 3.18. The Morgan fingerprint density at radius 2 is 2.16 bits per heavy atom. The van der Waals surface area contributed by atoms with Gasteiger partial charge >= 0.3 is 0 Å². The zero-order valence-corrected chi connectivity index (χ0v) is 12.1. The van der Waals surface area contributed by atoms with Crippen molar-refractivity contribution in [3.63, 3.8) is 0 Å². The van der Waals surface area contributed by atoms with Gasteiger partial charge in [0.1, 0.15) is 0 Å². The lowest BCUT2D eigenvalue weighted by molar-refractivity contribution is 0.579. The van der Waals surface area contributed by atoms with Crippen molar-refractivity contribution in [3.8, 4) is 0 Å². The molecule has 2 aromatic rings. The lowest BCUT2D eigenvalue weighted by Crippen LogP contribution is -2.26. The zero-order valence-electron chi connectivity index (χ0n) is 10.5. The van der Waals surface area contributed by atoms with Crippen LogP contribution in [0.1, 0.15) is 13.3 Å². The van der Waals surface area contributed by atoms with Gasteiger partial charge in [-0.2, -0.15) is 0 Å². The molecule has 1 aromatic carbocycles. The highest BCUT2D eigenvalue weighted by atomic mass is 35.5. The highest BCUT2D eigenvalue weighted by Gasteiger charge is 2.16. The maximum atomic E-state index is 12.3. The molecule has 2 rings (SSSR count). The van der Waals surface area contributed by atoms with Gasteiger partial charge in [-0.25, -0.2) is 13.1 Å². The molecule has 1 heterocycles. The van der Waals surface area contributed by atoms with Crippen LogP contribution in [0.25, 0.3) is 10.8 Å². The highest BCUT2D eigenvalue weighted by Crippen LogP contribution is 2.21. The van der Waals surface area contributed by atoms with E-state index < -0.39 is 10.0 Å². The summed E-state index contributed by atoms with van der Waals surface area (Å²) in [4.78, 5) is 4.26. The molecule has 0 bridgehead atoms. The molecule has 1 unspecified atom stereocenters. The Kier molecular flexibility index (Phi) is 4.39. The third-order valence-corrected chi connectivity index (χ3v) is 4.50. The van der Waals surface area contributed by atoms with E-state index in [4.69, 9.17) is 11.6 Å². The molecule has 1 aromatic heterocycles. The second-order valence-electron chi connectivity index (χ2n) is 4.32. The number of hydrogen-bond acceptors (Lipinski definition) is 3. The van der Waals surface area contributed by atoms with Crippen molar-refractivity contribution in [2.24, 2.45) is 0 Å². The summed E-state index contributed by atoms with van der Waals surface area (Å²) >= 11 is 5.80. The number of pyridine rings is 1. The van der Waals surface area contributed by atoms with E-state index in [1.165, 1.54) is 0 Å². The van der Waals surface area contributed by atoms with Gasteiger partial charge < -0.3 is 0 Å². The third-order valence-electron chi connectivity index (χ3n) is 2.76. The van der Waals surface area contributed by atoms with Crippen LogP contribution >= 0.6 is 11.6 Å².